The van der Waals surface area contributed by atoms with Gasteiger partial charge >= 0.3 is 0 Å². The number of anilines is 2. The van der Waals surface area contributed by atoms with Crippen LogP contribution in [-0.2, 0) is 10.5 Å². The van der Waals surface area contributed by atoms with Crippen molar-refractivity contribution in [1.82, 2.24) is 15.0 Å². The van der Waals surface area contributed by atoms with Crippen molar-refractivity contribution in [3.8, 4) is 11.4 Å². The van der Waals surface area contributed by atoms with Gasteiger partial charge in [-0.1, -0.05) is 25.4 Å². The number of halogens is 3. The molecule has 0 aliphatic rings. The van der Waals surface area contributed by atoms with Crippen LogP contribution in [0.3, 0.4) is 0 Å². The Bertz CT molecular complexity index is 918. The molecule has 12 heteroatoms. The van der Waals surface area contributed by atoms with Crippen LogP contribution in [0.4, 0.5) is 24.8 Å². The number of hydrogen-bond donors (Lipinski definition) is 3. The summed E-state index contributed by atoms with van der Waals surface area (Å²) in [5, 5.41) is 3.63. The number of nitrogens with zero attached hydrogens (tertiary/aromatic N) is 3. The molecule has 0 fully saturated rings. The minimum Gasteiger partial charge on any atom is -0.369 e. The van der Waals surface area contributed by atoms with E-state index in [4.69, 9.17) is 5.73 Å². The Labute approximate surface area is 177 Å². The van der Waals surface area contributed by atoms with Crippen LogP contribution in [0.15, 0.2) is 18.5 Å². The van der Waals surface area contributed by atoms with Crippen molar-refractivity contribution in [3.05, 3.63) is 29.6 Å². The minimum absolute atomic E-state index is 0.0826. The standard InChI is InChI=1S/C18H25F3N6OP2/c1-9(17(3,19)29)14-15(24-8-25-16(14)26-10(2)28)12-6-11(18(20,21)30)7-13(27-12)23-5-4-22/h6-9H,4-5,22,29-30H2,1-3H3,(H,23,27)(H,24,25,26,28)/t9-,17?/m1/s1. The third-order valence-electron chi connectivity index (χ3n) is 4.36. The van der Waals surface area contributed by atoms with Crippen LogP contribution in [0.1, 0.15) is 37.8 Å². The van der Waals surface area contributed by atoms with Crippen molar-refractivity contribution in [2.75, 3.05) is 23.7 Å². The molecular formula is C18H25F3N6OP2. The number of hydrogen-bond acceptors (Lipinski definition) is 6. The first-order valence-electron chi connectivity index (χ1n) is 9.08. The molecule has 4 N–H and O–H groups in total. The Balaban J connectivity index is 2.77. The fraction of sp³-hybridized carbons (Fsp3) is 0.444. The number of nitrogens with two attached hydrogens (primary N) is 1. The molecule has 2 rings (SSSR count). The lowest BCUT2D eigenvalue weighted by atomic mass is 9.93. The molecule has 3 unspecified atom stereocenters. The molecule has 2 aromatic heterocycles. The first-order valence-corrected chi connectivity index (χ1v) is 10.2. The van der Waals surface area contributed by atoms with Gasteiger partial charge in [-0.15, -0.1) is 0 Å². The number of rotatable bonds is 8. The van der Waals surface area contributed by atoms with Crippen LogP contribution < -0.4 is 16.4 Å². The highest BCUT2D eigenvalue weighted by atomic mass is 31.0. The van der Waals surface area contributed by atoms with Gasteiger partial charge in [0.2, 0.25) is 5.91 Å². The second-order valence-corrected chi connectivity index (χ2v) is 8.86. The van der Waals surface area contributed by atoms with E-state index in [1.54, 1.807) is 6.92 Å². The van der Waals surface area contributed by atoms with Crippen molar-refractivity contribution >= 4 is 36.0 Å². The van der Waals surface area contributed by atoms with E-state index in [0.717, 1.165) is 6.33 Å². The molecule has 2 heterocycles. The largest absolute Gasteiger partial charge is 0.369 e. The number of aromatic nitrogens is 3. The zero-order chi connectivity index (χ0) is 22.7. The quantitative estimate of drug-likeness (QED) is 0.521. The fourth-order valence-electron chi connectivity index (χ4n) is 2.69. The van der Waals surface area contributed by atoms with Gasteiger partial charge in [0.15, 0.2) is 0 Å². The highest BCUT2D eigenvalue weighted by Crippen LogP contribution is 2.44. The zero-order valence-electron chi connectivity index (χ0n) is 16.8. The SMILES string of the molecule is CC(=O)Nc1ncnc(-c2cc(C(F)(F)P)cc(NCCN)n2)c1[C@@H](C)C(C)(F)P. The Morgan fingerprint density at radius 3 is 2.47 bits per heavy atom. The number of carbonyl (C=O) groups is 1. The first-order chi connectivity index (χ1) is 13.8. The van der Waals surface area contributed by atoms with E-state index < -0.39 is 22.9 Å². The summed E-state index contributed by atoms with van der Waals surface area (Å²) in [5.74, 6) is -0.973. The molecule has 0 bridgehead atoms. The molecule has 0 radical (unpaired) electrons. The molecule has 164 valence electrons. The topological polar surface area (TPSA) is 106 Å². The summed E-state index contributed by atoms with van der Waals surface area (Å²) >= 11 is 0. The summed E-state index contributed by atoms with van der Waals surface area (Å²) in [6, 6.07) is 2.38. The molecule has 0 aromatic carbocycles. The van der Waals surface area contributed by atoms with Crippen LogP contribution in [0.2, 0.25) is 0 Å². The summed E-state index contributed by atoms with van der Waals surface area (Å²) in [6.45, 7) is 4.80. The van der Waals surface area contributed by atoms with Gasteiger partial charge in [0.25, 0.3) is 5.66 Å². The van der Waals surface area contributed by atoms with E-state index in [0.29, 0.717) is 6.54 Å². The van der Waals surface area contributed by atoms with Crippen LogP contribution in [0, 0.1) is 0 Å². The van der Waals surface area contributed by atoms with E-state index in [-0.39, 0.29) is 40.7 Å². The minimum atomic E-state index is -3.23. The molecule has 0 spiro atoms. The monoisotopic (exact) mass is 460 g/mol. The molecule has 0 saturated heterocycles. The number of amides is 1. The zero-order valence-corrected chi connectivity index (χ0v) is 19.1. The summed E-state index contributed by atoms with van der Waals surface area (Å²) < 4.78 is 43.0. The summed E-state index contributed by atoms with van der Waals surface area (Å²) in [6.07, 6.45) is 1.16. The van der Waals surface area contributed by atoms with Gasteiger partial charge in [0.1, 0.15) is 23.4 Å². The highest BCUT2D eigenvalue weighted by Gasteiger charge is 2.34. The van der Waals surface area contributed by atoms with Gasteiger partial charge in [0.05, 0.1) is 11.4 Å². The van der Waals surface area contributed by atoms with Crippen molar-refractivity contribution in [1.29, 1.82) is 0 Å². The normalized spacial score (nSPS) is 14.7. The van der Waals surface area contributed by atoms with Crippen molar-refractivity contribution in [2.24, 2.45) is 5.73 Å². The fourth-order valence-corrected chi connectivity index (χ4v) is 3.03. The third kappa shape index (κ3) is 6.06. The smallest absolute Gasteiger partial charge is 0.284 e. The molecule has 30 heavy (non-hydrogen) atoms. The molecule has 0 saturated carbocycles. The average Bonchev–Trinajstić information content (AvgIpc) is 2.63. The Kier molecular flexibility index (Phi) is 7.72. The molecule has 0 aliphatic heterocycles. The second-order valence-electron chi connectivity index (χ2n) is 7.00. The third-order valence-corrected chi connectivity index (χ3v) is 5.19. The van der Waals surface area contributed by atoms with E-state index in [1.807, 2.05) is 0 Å². The molecule has 7 nitrogen and oxygen atoms in total. The molecule has 1 amide bonds. The molecular weight excluding hydrogens is 435 g/mol. The molecule has 4 atom stereocenters. The first kappa shape index (κ1) is 24.4. The van der Waals surface area contributed by atoms with Crippen molar-refractivity contribution in [3.63, 3.8) is 0 Å². The highest BCUT2D eigenvalue weighted by molar-refractivity contribution is 7.18. The van der Waals surface area contributed by atoms with E-state index >= 15 is 0 Å². The lowest BCUT2D eigenvalue weighted by Gasteiger charge is -2.26. The van der Waals surface area contributed by atoms with E-state index in [1.165, 1.54) is 35.2 Å². The Morgan fingerprint density at radius 1 is 1.27 bits per heavy atom. The molecule has 0 aliphatic carbocycles. The van der Waals surface area contributed by atoms with E-state index in [9.17, 15) is 18.0 Å². The summed E-state index contributed by atoms with van der Waals surface area (Å²) in [7, 11) is 3.56. The van der Waals surface area contributed by atoms with E-state index in [2.05, 4.69) is 34.8 Å². The van der Waals surface area contributed by atoms with Gasteiger partial charge < -0.3 is 16.4 Å². The van der Waals surface area contributed by atoms with Gasteiger partial charge in [-0.2, -0.15) is 8.78 Å². The Morgan fingerprint density at radius 2 is 1.93 bits per heavy atom. The summed E-state index contributed by atoms with van der Waals surface area (Å²) in [4.78, 5) is 24.2. The van der Waals surface area contributed by atoms with Crippen LogP contribution in [0.5, 0.6) is 0 Å². The van der Waals surface area contributed by atoms with Gasteiger partial charge in [0, 0.05) is 37.1 Å². The Hall–Kier alpha value is -1.89. The number of pyridine rings is 1. The maximum Gasteiger partial charge on any atom is 0.284 e. The maximum absolute atomic E-state index is 14.8. The van der Waals surface area contributed by atoms with Crippen molar-refractivity contribution < 1.29 is 18.0 Å². The van der Waals surface area contributed by atoms with Crippen LogP contribution in [0.25, 0.3) is 11.4 Å². The number of alkyl halides is 3. The summed E-state index contributed by atoms with van der Waals surface area (Å²) in [5.41, 5.74) is 2.39. The molecule has 2 aromatic rings. The van der Waals surface area contributed by atoms with Crippen molar-refractivity contribution in [2.45, 2.75) is 37.8 Å². The lowest BCUT2D eigenvalue weighted by Crippen LogP contribution is -2.22. The predicted octanol–water partition coefficient (Wildman–Crippen LogP) is 3.46. The number of carbonyl (C=O) groups excluding carboxylic acids is 1. The predicted molar refractivity (Wildman–Crippen MR) is 118 cm³/mol. The lowest BCUT2D eigenvalue weighted by molar-refractivity contribution is -0.114. The average molecular weight is 460 g/mol. The van der Waals surface area contributed by atoms with Gasteiger partial charge in [-0.3, -0.25) is 4.79 Å². The maximum atomic E-state index is 14.8. The van der Waals surface area contributed by atoms with Crippen LogP contribution in [-0.4, -0.2) is 39.4 Å². The van der Waals surface area contributed by atoms with Gasteiger partial charge in [-0.25, -0.2) is 19.3 Å². The number of nitrogens with one attached hydrogen (secondary N) is 2. The van der Waals surface area contributed by atoms with Gasteiger partial charge in [-0.05, 0) is 19.1 Å². The second kappa shape index (κ2) is 9.50. The van der Waals surface area contributed by atoms with Crippen LogP contribution >= 0.6 is 18.5 Å².